The van der Waals surface area contributed by atoms with Crippen LogP contribution in [-0.4, -0.2) is 19.6 Å². The number of thiophene rings is 1. The van der Waals surface area contributed by atoms with Crippen molar-refractivity contribution in [3.05, 3.63) is 41.3 Å². The number of hydrogen-bond donors (Lipinski definition) is 2. The van der Waals surface area contributed by atoms with Crippen LogP contribution < -0.4 is 11.1 Å². The topological polar surface area (TPSA) is 89.3 Å². The zero-order valence-electron chi connectivity index (χ0n) is 11.7. The van der Waals surface area contributed by atoms with Gasteiger partial charge in [-0.1, -0.05) is 6.07 Å². The summed E-state index contributed by atoms with van der Waals surface area (Å²) in [5, 5.41) is 3.15. The lowest BCUT2D eigenvalue weighted by atomic mass is 10.2. The van der Waals surface area contributed by atoms with Crippen LogP contribution in [0.5, 0.6) is 0 Å². The summed E-state index contributed by atoms with van der Waals surface area (Å²) in [4.78, 5) is 12.2. The van der Waals surface area contributed by atoms with E-state index in [2.05, 4.69) is 5.32 Å². The van der Waals surface area contributed by atoms with Crippen molar-refractivity contribution in [3.8, 4) is 0 Å². The van der Waals surface area contributed by atoms with E-state index >= 15 is 0 Å². The van der Waals surface area contributed by atoms with E-state index < -0.39 is 21.0 Å². The molecule has 1 heterocycles. The zero-order valence-corrected chi connectivity index (χ0v) is 13.3. The lowest BCUT2D eigenvalue weighted by molar-refractivity contribution is -0.115. The number of nitrogens with one attached hydrogen (secondary N) is 1. The Bertz CT molecular complexity index is 753. The van der Waals surface area contributed by atoms with Crippen LogP contribution in [0.4, 0.5) is 11.4 Å². The molecule has 1 atom stereocenters. The van der Waals surface area contributed by atoms with Crippen molar-refractivity contribution in [1.29, 1.82) is 0 Å². The van der Waals surface area contributed by atoms with Crippen molar-refractivity contribution in [1.82, 2.24) is 0 Å². The molecule has 1 aromatic carbocycles. The largest absolute Gasteiger partial charge is 0.399 e. The van der Waals surface area contributed by atoms with E-state index in [1.54, 1.807) is 36.6 Å². The number of rotatable bonds is 4. The molecule has 112 valence electrons. The summed E-state index contributed by atoms with van der Waals surface area (Å²) < 4.78 is 24.8. The fourth-order valence-corrected chi connectivity index (χ4v) is 4.34. The first-order valence-electron chi connectivity index (χ1n) is 6.27. The molecular weight excluding hydrogens is 308 g/mol. The van der Waals surface area contributed by atoms with Crippen molar-refractivity contribution < 1.29 is 13.2 Å². The van der Waals surface area contributed by atoms with E-state index in [-0.39, 0.29) is 4.21 Å². The Morgan fingerprint density at radius 1 is 1.33 bits per heavy atom. The quantitative estimate of drug-likeness (QED) is 0.845. The molecule has 1 amide bonds. The molecule has 0 aliphatic rings. The number of nitrogens with two attached hydrogens (primary N) is 1. The third-order valence-electron chi connectivity index (χ3n) is 3.12. The van der Waals surface area contributed by atoms with Crippen molar-refractivity contribution in [2.24, 2.45) is 0 Å². The Morgan fingerprint density at radius 2 is 2.05 bits per heavy atom. The van der Waals surface area contributed by atoms with Gasteiger partial charge in [-0.05, 0) is 49.1 Å². The maximum absolute atomic E-state index is 12.3. The maximum Gasteiger partial charge on any atom is 0.242 e. The molecule has 0 radical (unpaired) electrons. The molecule has 2 rings (SSSR count). The first kappa shape index (κ1) is 15.5. The van der Waals surface area contributed by atoms with Crippen LogP contribution in [0.1, 0.15) is 12.5 Å². The first-order chi connectivity index (χ1) is 9.82. The number of sulfone groups is 1. The average Bonchev–Trinajstić information content (AvgIpc) is 2.95. The van der Waals surface area contributed by atoms with E-state index in [4.69, 9.17) is 5.73 Å². The molecule has 21 heavy (non-hydrogen) atoms. The second-order valence-electron chi connectivity index (χ2n) is 4.68. The molecule has 0 aliphatic carbocycles. The van der Waals surface area contributed by atoms with Gasteiger partial charge in [0.15, 0.2) is 9.84 Å². The maximum atomic E-state index is 12.3. The smallest absolute Gasteiger partial charge is 0.242 e. The standard InChI is InChI=1S/C14H16N2O3S2/c1-9-8-11(15)5-6-12(9)16-14(17)10(2)21(18,19)13-4-3-7-20-13/h3-8,10H,15H2,1-2H3,(H,16,17). The van der Waals surface area contributed by atoms with E-state index in [1.165, 1.54) is 13.0 Å². The zero-order chi connectivity index (χ0) is 15.6. The second-order valence-corrected chi connectivity index (χ2v) is 8.13. The van der Waals surface area contributed by atoms with Crippen molar-refractivity contribution in [2.75, 3.05) is 11.1 Å². The summed E-state index contributed by atoms with van der Waals surface area (Å²) in [6.07, 6.45) is 0. The van der Waals surface area contributed by atoms with Gasteiger partial charge in [0.2, 0.25) is 5.91 Å². The van der Waals surface area contributed by atoms with Gasteiger partial charge < -0.3 is 11.1 Å². The van der Waals surface area contributed by atoms with Crippen LogP contribution in [0, 0.1) is 6.92 Å². The van der Waals surface area contributed by atoms with Gasteiger partial charge in [-0.2, -0.15) is 0 Å². The number of carbonyl (C=O) groups excluding carboxylic acids is 1. The van der Waals surface area contributed by atoms with Gasteiger partial charge in [-0.15, -0.1) is 11.3 Å². The molecule has 0 spiro atoms. The highest BCUT2D eigenvalue weighted by molar-refractivity contribution is 7.94. The Labute approximate surface area is 127 Å². The lowest BCUT2D eigenvalue weighted by Crippen LogP contribution is -2.32. The number of carbonyl (C=O) groups is 1. The van der Waals surface area contributed by atoms with Crippen molar-refractivity contribution in [2.45, 2.75) is 23.3 Å². The molecule has 5 nitrogen and oxygen atoms in total. The minimum absolute atomic E-state index is 0.194. The molecule has 0 bridgehead atoms. The van der Waals surface area contributed by atoms with Gasteiger partial charge in [-0.25, -0.2) is 8.42 Å². The number of anilines is 2. The predicted molar refractivity (Wildman–Crippen MR) is 85.2 cm³/mol. The third kappa shape index (κ3) is 3.25. The average molecular weight is 324 g/mol. The molecule has 0 saturated carbocycles. The summed E-state index contributed by atoms with van der Waals surface area (Å²) in [5.41, 5.74) is 7.57. The Hall–Kier alpha value is -1.86. The normalized spacial score (nSPS) is 12.9. The monoisotopic (exact) mass is 324 g/mol. The van der Waals surface area contributed by atoms with Crippen molar-refractivity contribution >= 4 is 38.5 Å². The van der Waals surface area contributed by atoms with Gasteiger partial charge in [0.1, 0.15) is 9.46 Å². The number of hydrogen-bond acceptors (Lipinski definition) is 5. The van der Waals surface area contributed by atoms with Crippen LogP contribution in [-0.2, 0) is 14.6 Å². The molecule has 2 aromatic rings. The van der Waals surface area contributed by atoms with Crippen LogP contribution >= 0.6 is 11.3 Å². The fraction of sp³-hybridized carbons (Fsp3) is 0.214. The van der Waals surface area contributed by atoms with E-state index in [9.17, 15) is 13.2 Å². The summed E-state index contributed by atoms with van der Waals surface area (Å²) in [7, 11) is -3.65. The molecule has 3 N–H and O–H groups in total. The minimum atomic E-state index is -3.65. The highest BCUT2D eigenvalue weighted by Gasteiger charge is 2.30. The summed E-state index contributed by atoms with van der Waals surface area (Å²) >= 11 is 1.10. The van der Waals surface area contributed by atoms with Gasteiger partial charge in [0.25, 0.3) is 0 Å². The van der Waals surface area contributed by atoms with Crippen LogP contribution in [0.15, 0.2) is 39.9 Å². The molecular formula is C14H16N2O3S2. The van der Waals surface area contributed by atoms with Crippen molar-refractivity contribution in [3.63, 3.8) is 0 Å². The third-order valence-corrected chi connectivity index (χ3v) is 6.61. The predicted octanol–water partition coefficient (Wildman–Crippen LogP) is 2.44. The first-order valence-corrected chi connectivity index (χ1v) is 8.69. The SMILES string of the molecule is Cc1cc(N)ccc1NC(=O)C(C)S(=O)(=O)c1cccs1. The van der Waals surface area contributed by atoms with E-state index in [0.29, 0.717) is 11.4 Å². The Balaban J connectivity index is 2.20. The van der Waals surface area contributed by atoms with Crippen LogP contribution in [0.25, 0.3) is 0 Å². The lowest BCUT2D eigenvalue weighted by Gasteiger charge is -2.14. The summed E-state index contributed by atoms with van der Waals surface area (Å²) in [6, 6.07) is 8.17. The number of nitrogen functional groups attached to an aromatic ring is 1. The summed E-state index contributed by atoms with van der Waals surface area (Å²) in [5.74, 6) is -0.559. The molecule has 0 saturated heterocycles. The molecule has 0 fully saturated rings. The second kappa shape index (κ2) is 5.87. The van der Waals surface area contributed by atoms with Gasteiger partial charge in [-0.3, -0.25) is 4.79 Å². The number of amides is 1. The molecule has 0 aliphatic heterocycles. The highest BCUT2D eigenvalue weighted by atomic mass is 32.2. The Kier molecular flexibility index (Phi) is 4.34. The minimum Gasteiger partial charge on any atom is -0.399 e. The summed E-state index contributed by atoms with van der Waals surface area (Å²) in [6.45, 7) is 3.18. The highest BCUT2D eigenvalue weighted by Crippen LogP contribution is 2.23. The van der Waals surface area contributed by atoms with Gasteiger partial charge in [0, 0.05) is 11.4 Å². The van der Waals surface area contributed by atoms with Crippen LogP contribution in [0.2, 0.25) is 0 Å². The van der Waals surface area contributed by atoms with Gasteiger partial charge in [0.05, 0.1) is 0 Å². The van der Waals surface area contributed by atoms with E-state index in [0.717, 1.165) is 16.9 Å². The molecule has 1 unspecified atom stereocenters. The number of benzene rings is 1. The van der Waals surface area contributed by atoms with Crippen LogP contribution in [0.3, 0.4) is 0 Å². The fourth-order valence-electron chi connectivity index (χ4n) is 1.80. The Morgan fingerprint density at radius 3 is 2.62 bits per heavy atom. The van der Waals surface area contributed by atoms with Gasteiger partial charge >= 0.3 is 0 Å². The molecule has 1 aromatic heterocycles. The van der Waals surface area contributed by atoms with E-state index in [1.807, 2.05) is 0 Å². The molecule has 7 heteroatoms. The number of aryl methyl sites for hydroxylation is 1.